The van der Waals surface area contributed by atoms with E-state index in [0.29, 0.717) is 6.42 Å². The van der Waals surface area contributed by atoms with Crippen LogP contribution in [-0.4, -0.2) is 23.6 Å². The number of nitrogens with two attached hydrogens (primary N) is 1. The third-order valence-corrected chi connectivity index (χ3v) is 0.878. The van der Waals surface area contributed by atoms with Gasteiger partial charge in [0, 0.05) is 6.04 Å². The lowest BCUT2D eigenvalue weighted by atomic mass is 10.2. The number of hydrogen-bond acceptors (Lipinski definition) is 4. The molecule has 0 amide bonds. The molecule has 7 heteroatoms. The van der Waals surface area contributed by atoms with E-state index >= 15 is 0 Å². The molecule has 1 atom stereocenters. The van der Waals surface area contributed by atoms with Crippen molar-refractivity contribution in [1.29, 1.82) is 5.26 Å². The molecule has 0 aliphatic heterocycles. The van der Waals surface area contributed by atoms with Gasteiger partial charge < -0.3 is 5.73 Å². The summed E-state index contributed by atoms with van der Waals surface area (Å²) in [6.45, 7) is 1.97. The predicted octanol–water partition coefficient (Wildman–Crippen LogP) is -0.0154. The van der Waals surface area contributed by atoms with Gasteiger partial charge in [0.2, 0.25) is 0 Å². The molecule has 0 fully saturated rings. The minimum Gasteiger partial charge on any atom is -0.327 e. The molecule has 0 aromatic heterocycles. The van der Waals surface area contributed by atoms with Crippen LogP contribution in [0, 0.1) is 11.3 Å². The van der Waals surface area contributed by atoms with Gasteiger partial charge in [0.25, 0.3) is 0 Å². The Bertz CT molecular complexity index is 222. The van der Waals surface area contributed by atoms with Crippen molar-refractivity contribution in [3.05, 3.63) is 0 Å². The molecule has 0 aromatic rings. The third-order valence-electron chi connectivity index (χ3n) is 0.878. The standard InChI is InChI=1S/C5H10N2.H2O4S/c1-2-5(7)3-4-6;1-5(2,3)4/h5H,2-3,7H2,1H3;(H2,1,2,3,4). The first-order valence-corrected chi connectivity index (χ1v) is 4.53. The maximum absolute atomic E-state index is 8.74. The summed E-state index contributed by atoms with van der Waals surface area (Å²) in [5.74, 6) is 0. The maximum atomic E-state index is 8.74. The van der Waals surface area contributed by atoms with Crippen molar-refractivity contribution in [3.8, 4) is 6.07 Å². The molecule has 12 heavy (non-hydrogen) atoms. The summed E-state index contributed by atoms with van der Waals surface area (Å²) in [4.78, 5) is 0. The van der Waals surface area contributed by atoms with Gasteiger partial charge in [0.15, 0.2) is 0 Å². The summed E-state index contributed by atoms with van der Waals surface area (Å²) in [5, 5.41) is 8.04. The second-order valence-corrected chi connectivity index (χ2v) is 2.87. The van der Waals surface area contributed by atoms with Crippen LogP contribution in [0.5, 0.6) is 0 Å². The quantitative estimate of drug-likeness (QED) is 0.533. The highest BCUT2D eigenvalue weighted by Gasteiger charge is 1.93. The van der Waals surface area contributed by atoms with E-state index < -0.39 is 10.4 Å². The fourth-order valence-electron chi connectivity index (χ4n) is 0.262. The Morgan fingerprint density at radius 1 is 1.58 bits per heavy atom. The van der Waals surface area contributed by atoms with Gasteiger partial charge in [-0.3, -0.25) is 9.11 Å². The Kier molecular flexibility index (Phi) is 8.09. The molecule has 72 valence electrons. The monoisotopic (exact) mass is 196 g/mol. The van der Waals surface area contributed by atoms with Crippen LogP contribution in [0.1, 0.15) is 19.8 Å². The number of hydrogen-bond donors (Lipinski definition) is 3. The topological polar surface area (TPSA) is 124 Å². The van der Waals surface area contributed by atoms with Crippen molar-refractivity contribution < 1.29 is 17.5 Å². The summed E-state index contributed by atoms with van der Waals surface area (Å²) in [5.41, 5.74) is 5.36. The summed E-state index contributed by atoms with van der Waals surface area (Å²) in [7, 11) is -4.67. The minimum atomic E-state index is -4.67. The van der Waals surface area contributed by atoms with Gasteiger partial charge in [-0.2, -0.15) is 13.7 Å². The molecule has 0 saturated heterocycles. The SMILES string of the molecule is CCC(N)CC#N.O=S(=O)(O)O. The van der Waals surface area contributed by atoms with Crippen LogP contribution >= 0.6 is 0 Å². The molecular weight excluding hydrogens is 184 g/mol. The average molecular weight is 196 g/mol. The van der Waals surface area contributed by atoms with Crippen LogP contribution in [-0.2, 0) is 10.4 Å². The van der Waals surface area contributed by atoms with Crippen LogP contribution in [0.15, 0.2) is 0 Å². The second-order valence-electron chi connectivity index (χ2n) is 1.98. The second kappa shape index (κ2) is 7.00. The number of rotatable bonds is 2. The molecule has 0 aliphatic rings. The summed E-state index contributed by atoms with van der Waals surface area (Å²) < 4.78 is 31.6. The fraction of sp³-hybridized carbons (Fsp3) is 0.800. The van der Waals surface area contributed by atoms with E-state index in [2.05, 4.69) is 0 Å². The highest BCUT2D eigenvalue weighted by molar-refractivity contribution is 7.79. The zero-order valence-electron chi connectivity index (χ0n) is 6.64. The Balaban J connectivity index is 0. The van der Waals surface area contributed by atoms with E-state index in [1.165, 1.54) is 0 Å². The van der Waals surface area contributed by atoms with Crippen LogP contribution in [0.25, 0.3) is 0 Å². The maximum Gasteiger partial charge on any atom is 0.394 e. The van der Waals surface area contributed by atoms with Gasteiger partial charge in [-0.15, -0.1) is 0 Å². The molecule has 0 aromatic carbocycles. The molecule has 4 N–H and O–H groups in total. The van der Waals surface area contributed by atoms with Gasteiger partial charge in [0.05, 0.1) is 12.5 Å². The van der Waals surface area contributed by atoms with E-state index in [1.807, 2.05) is 13.0 Å². The smallest absolute Gasteiger partial charge is 0.327 e. The Labute approximate surface area is 71.6 Å². The lowest BCUT2D eigenvalue weighted by Crippen LogP contribution is -2.16. The molecule has 1 unspecified atom stereocenters. The molecule has 0 aliphatic carbocycles. The van der Waals surface area contributed by atoms with Crippen molar-refractivity contribution in [1.82, 2.24) is 0 Å². The molecule has 0 saturated carbocycles. The third kappa shape index (κ3) is 34.6. The van der Waals surface area contributed by atoms with E-state index in [1.54, 1.807) is 0 Å². The number of nitriles is 1. The van der Waals surface area contributed by atoms with Crippen molar-refractivity contribution in [2.45, 2.75) is 25.8 Å². The summed E-state index contributed by atoms with van der Waals surface area (Å²) >= 11 is 0. The molecule has 0 radical (unpaired) electrons. The first-order chi connectivity index (χ1) is 5.31. The lowest BCUT2D eigenvalue weighted by Gasteiger charge is -1.97. The molecule has 0 rings (SSSR count). The van der Waals surface area contributed by atoms with E-state index in [0.717, 1.165) is 6.42 Å². The van der Waals surface area contributed by atoms with Crippen LogP contribution in [0.4, 0.5) is 0 Å². The molecule has 0 bridgehead atoms. The van der Waals surface area contributed by atoms with E-state index in [-0.39, 0.29) is 6.04 Å². The summed E-state index contributed by atoms with van der Waals surface area (Å²) in [6, 6.07) is 2.08. The van der Waals surface area contributed by atoms with Gasteiger partial charge in [-0.25, -0.2) is 0 Å². The van der Waals surface area contributed by atoms with Crippen molar-refractivity contribution in [2.24, 2.45) is 5.73 Å². The first-order valence-electron chi connectivity index (χ1n) is 3.13. The zero-order valence-corrected chi connectivity index (χ0v) is 7.45. The van der Waals surface area contributed by atoms with E-state index in [4.69, 9.17) is 28.5 Å². The average Bonchev–Trinajstić information content (AvgIpc) is 1.85. The summed E-state index contributed by atoms with van der Waals surface area (Å²) in [6.07, 6.45) is 1.38. The molecule has 0 spiro atoms. The Morgan fingerprint density at radius 2 is 1.92 bits per heavy atom. The lowest BCUT2D eigenvalue weighted by molar-refractivity contribution is 0.381. The zero-order chi connectivity index (χ0) is 10.2. The van der Waals surface area contributed by atoms with Gasteiger partial charge in [-0.05, 0) is 6.42 Å². The van der Waals surface area contributed by atoms with Gasteiger partial charge in [-0.1, -0.05) is 6.92 Å². The number of nitrogens with zero attached hydrogens (tertiary/aromatic N) is 1. The Morgan fingerprint density at radius 3 is 2.00 bits per heavy atom. The fourth-order valence-corrected chi connectivity index (χ4v) is 0.262. The normalized spacial score (nSPS) is 12.2. The molecule has 6 nitrogen and oxygen atoms in total. The van der Waals surface area contributed by atoms with Crippen LogP contribution in [0.3, 0.4) is 0 Å². The largest absolute Gasteiger partial charge is 0.394 e. The first kappa shape index (κ1) is 13.9. The predicted molar refractivity (Wildman–Crippen MR) is 42.7 cm³/mol. The molecule has 0 heterocycles. The highest BCUT2D eigenvalue weighted by atomic mass is 32.3. The minimum absolute atomic E-state index is 0.0880. The van der Waals surface area contributed by atoms with Crippen LogP contribution in [0.2, 0.25) is 0 Å². The molecular formula is C5H12N2O4S. The van der Waals surface area contributed by atoms with Crippen molar-refractivity contribution in [3.63, 3.8) is 0 Å². The van der Waals surface area contributed by atoms with Gasteiger partial charge in [0.1, 0.15) is 0 Å². The van der Waals surface area contributed by atoms with E-state index in [9.17, 15) is 0 Å². The highest BCUT2D eigenvalue weighted by Crippen LogP contribution is 1.88. The van der Waals surface area contributed by atoms with Crippen molar-refractivity contribution >= 4 is 10.4 Å². The Hall–Kier alpha value is -0.680. The van der Waals surface area contributed by atoms with Gasteiger partial charge >= 0.3 is 10.4 Å². The van der Waals surface area contributed by atoms with Crippen molar-refractivity contribution in [2.75, 3.05) is 0 Å². The van der Waals surface area contributed by atoms with Crippen LogP contribution < -0.4 is 5.73 Å².